The van der Waals surface area contributed by atoms with E-state index in [4.69, 9.17) is 4.74 Å². The van der Waals surface area contributed by atoms with E-state index in [1.165, 1.54) is 18.4 Å². The summed E-state index contributed by atoms with van der Waals surface area (Å²) in [6.07, 6.45) is 7.69. The van der Waals surface area contributed by atoms with E-state index in [1.807, 2.05) is 56.3 Å². The lowest BCUT2D eigenvalue weighted by Crippen LogP contribution is -2.47. The Hall–Kier alpha value is -3.46. The molecule has 1 aliphatic heterocycles. The summed E-state index contributed by atoms with van der Waals surface area (Å²) in [5.41, 5.74) is 6.39. The molecular formula is C34H42N4O. The molecule has 1 aromatic heterocycles. The fourth-order valence-corrected chi connectivity index (χ4v) is 5.28. The van der Waals surface area contributed by atoms with Gasteiger partial charge in [-0.25, -0.2) is 0 Å². The van der Waals surface area contributed by atoms with Crippen LogP contribution in [0, 0.1) is 25.2 Å². The van der Waals surface area contributed by atoms with Crippen LogP contribution in [0.2, 0.25) is 0 Å². The van der Waals surface area contributed by atoms with Crippen molar-refractivity contribution in [3.8, 4) is 11.8 Å². The normalized spacial score (nSPS) is 15.3. The van der Waals surface area contributed by atoms with E-state index < -0.39 is 0 Å². The van der Waals surface area contributed by atoms with Crippen molar-refractivity contribution in [1.82, 2.24) is 14.8 Å². The van der Waals surface area contributed by atoms with E-state index in [-0.39, 0.29) is 0 Å². The van der Waals surface area contributed by atoms with Gasteiger partial charge in [-0.15, -0.1) is 0 Å². The summed E-state index contributed by atoms with van der Waals surface area (Å²) < 4.78 is 6.03. The predicted octanol–water partition coefficient (Wildman–Crippen LogP) is 6.71. The maximum atomic E-state index is 9.20. The molecule has 0 saturated carbocycles. The zero-order valence-electron chi connectivity index (χ0n) is 23.8. The number of piperazine rings is 1. The second kappa shape index (κ2) is 14.6. The Morgan fingerprint density at radius 1 is 0.949 bits per heavy atom. The molecule has 2 heterocycles. The molecule has 2 aromatic carbocycles. The molecule has 39 heavy (non-hydrogen) atoms. The number of ether oxygens (including phenoxy) is 1. The van der Waals surface area contributed by atoms with Gasteiger partial charge in [-0.3, -0.25) is 9.88 Å². The summed E-state index contributed by atoms with van der Waals surface area (Å²) in [4.78, 5) is 9.63. The summed E-state index contributed by atoms with van der Waals surface area (Å²) in [6.45, 7) is 13.6. The second-order valence-corrected chi connectivity index (χ2v) is 10.6. The van der Waals surface area contributed by atoms with Crippen molar-refractivity contribution < 1.29 is 4.74 Å². The Balaban J connectivity index is 1.12. The van der Waals surface area contributed by atoms with Gasteiger partial charge in [0.1, 0.15) is 12.4 Å². The van der Waals surface area contributed by atoms with Crippen LogP contribution in [0.5, 0.6) is 5.75 Å². The molecule has 1 fully saturated rings. The maximum Gasteiger partial charge on any atom is 0.119 e. The molecule has 0 radical (unpaired) electrons. The van der Waals surface area contributed by atoms with E-state index in [2.05, 4.69) is 58.1 Å². The molecular weight excluding hydrogens is 480 g/mol. The van der Waals surface area contributed by atoms with Crippen LogP contribution in [0.3, 0.4) is 0 Å². The Morgan fingerprint density at radius 3 is 2.36 bits per heavy atom. The average molecular weight is 523 g/mol. The first-order valence-corrected chi connectivity index (χ1v) is 14.3. The molecule has 5 nitrogen and oxygen atoms in total. The first-order valence-electron chi connectivity index (χ1n) is 14.3. The highest BCUT2D eigenvalue weighted by Crippen LogP contribution is 2.26. The van der Waals surface area contributed by atoms with Gasteiger partial charge in [0, 0.05) is 38.4 Å². The lowest BCUT2D eigenvalue weighted by atomic mass is 9.90. The molecule has 1 aliphatic rings. The first kappa shape index (κ1) is 28.5. The van der Waals surface area contributed by atoms with Crippen LogP contribution in [0.15, 0.2) is 60.7 Å². The van der Waals surface area contributed by atoms with Gasteiger partial charge in [0.2, 0.25) is 0 Å². The highest BCUT2D eigenvalue weighted by molar-refractivity contribution is 5.68. The first-order chi connectivity index (χ1) is 19.0. The number of aryl methyl sites for hydroxylation is 2. The zero-order chi connectivity index (χ0) is 27.5. The third kappa shape index (κ3) is 8.78. The zero-order valence-corrected chi connectivity index (χ0v) is 23.8. The lowest BCUT2D eigenvalue weighted by Gasteiger charge is -2.34. The Kier molecular flexibility index (Phi) is 10.7. The van der Waals surface area contributed by atoms with Crippen LogP contribution in [0.4, 0.5) is 0 Å². The number of rotatable bonds is 12. The van der Waals surface area contributed by atoms with Gasteiger partial charge >= 0.3 is 0 Å². The molecule has 0 bridgehead atoms. The van der Waals surface area contributed by atoms with Crippen LogP contribution < -0.4 is 4.74 Å². The molecule has 0 N–H and O–H groups in total. The Bertz CT molecular complexity index is 1250. The quantitative estimate of drug-likeness (QED) is 0.265. The van der Waals surface area contributed by atoms with E-state index >= 15 is 0 Å². The van der Waals surface area contributed by atoms with Crippen LogP contribution in [0.1, 0.15) is 65.7 Å². The number of benzene rings is 2. The minimum atomic E-state index is 0.574. The van der Waals surface area contributed by atoms with Crippen LogP contribution >= 0.6 is 0 Å². The Morgan fingerprint density at radius 2 is 1.69 bits per heavy atom. The van der Waals surface area contributed by atoms with Crippen LogP contribution in [-0.4, -0.2) is 60.7 Å². The highest BCUT2D eigenvalue weighted by Gasteiger charge is 2.17. The van der Waals surface area contributed by atoms with E-state index in [0.717, 1.165) is 79.5 Å². The fraction of sp³-hybridized carbons (Fsp3) is 0.412. The number of nitriles is 1. The molecule has 1 unspecified atom stereocenters. The molecule has 0 amide bonds. The summed E-state index contributed by atoms with van der Waals surface area (Å²) in [5, 5.41) is 9.20. The molecule has 1 saturated heterocycles. The fourth-order valence-electron chi connectivity index (χ4n) is 5.28. The van der Waals surface area contributed by atoms with Gasteiger partial charge in [-0.2, -0.15) is 5.26 Å². The van der Waals surface area contributed by atoms with Gasteiger partial charge < -0.3 is 9.64 Å². The monoisotopic (exact) mass is 522 g/mol. The molecule has 0 spiro atoms. The smallest absolute Gasteiger partial charge is 0.119 e. The minimum Gasteiger partial charge on any atom is -0.492 e. The van der Waals surface area contributed by atoms with Crippen molar-refractivity contribution in [2.75, 3.05) is 45.9 Å². The molecule has 4 rings (SSSR count). The summed E-state index contributed by atoms with van der Waals surface area (Å²) >= 11 is 0. The molecule has 204 valence electrons. The Labute approximate surface area is 234 Å². The van der Waals surface area contributed by atoms with E-state index in [1.54, 1.807) is 0 Å². The SMILES string of the molecule is CCC(CCCN1CCN(CCOc2ccc(/C=C/c3cccc(C)n3)cc2)CC1)c1ccc(C#N)c(C)c1. The van der Waals surface area contributed by atoms with Crippen LogP contribution in [-0.2, 0) is 0 Å². The average Bonchev–Trinajstić information content (AvgIpc) is 2.96. The van der Waals surface area contributed by atoms with Crippen molar-refractivity contribution in [2.24, 2.45) is 0 Å². The van der Waals surface area contributed by atoms with E-state index in [9.17, 15) is 5.26 Å². The number of aromatic nitrogens is 1. The molecule has 3 aromatic rings. The van der Waals surface area contributed by atoms with Crippen molar-refractivity contribution >= 4 is 12.2 Å². The topological polar surface area (TPSA) is 52.4 Å². The standard InChI is InChI=1S/C34H42N4O/c1-4-30(31-13-14-32(26-35)27(2)25-31)8-6-18-37-19-21-38(22-20-37)23-24-39-34-16-11-29(12-17-34)10-15-33-9-5-7-28(3)36-33/h5,7,9-17,25,30H,4,6,8,18-24H2,1-3H3/b15-10+. The number of nitrogens with zero attached hydrogens (tertiary/aromatic N) is 4. The minimum absolute atomic E-state index is 0.574. The van der Waals surface area contributed by atoms with Gasteiger partial charge in [-0.1, -0.05) is 43.3 Å². The van der Waals surface area contributed by atoms with Crippen molar-refractivity contribution in [1.29, 1.82) is 5.26 Å². The van der Waals surface area contributed by atoms with Gasteiger partial charge in [0.15, 0.2) is 0 Å². The van der Waals surface area contributed by atoms with Crippen molar-refractivity contribution in [3.05, 3.63) is 94.3 Å². The number of hydrogen-bond donors (Lipinski definition) is 0. The molecule has 5 heteroatoms. The summed E-state index contributed by atoms with van der Waals surface area (Å²) in [6, 6.07) is 22.9. The van der Waals surface area contributed by atoms with E-state index in [0.29, 0.717) is 12.5 Å². The van der Waals surface area contributed by atoms with Gasteiger partial charge in [0.05, 0.1) is 17.3 Å². The maximum absolute atomic E-state index is 9.20. The second-order valence-electron chi connectivity index (χ2n) is 10.6. The summed E-state index contributed by atoms with van der Waals surface area (Å²) in [5.74, 6) is 1.49. The van der Waals surface area contributed by atoms with Crippen molar-refractivity contribution in [3.63, 3.8) is 0 Å². The number of hydrogen-bond acceptors (Lipinski definition) is 5. The largest absolute Gasteiger partial charge is 0.492 e. The van der Waals surface area contributed by atoms with Gasteiger partial charge in [-0.05, 0) is 98.7 Å². The summed E-state index contributed by atoms with van der Waals surface area (Å²) in [7, 11) is 0. The third-order valence-corrected chi connectivity index (χ3v) is 7.74. The molecule has 0 aliphatic carbocycles. The van der Waals surface area contributed by atoms with Gasteiger partial charge in [0.25, 0.3) is 0 Å². The molecule has 1 atom stereocenters. The van der Waals surface area contributed by atoms with Crippen LogP contribution in [0.25, 0.3) is 12.2 Å². The lowest BCUT2D eigenvalue weighted by molar-refractivity contribution is 0.115. The predicted molar refractivity (Wildman–Crippen MR) is 161 cm³/mol. The van der Waals surface area contributed by atoms with Crippen molar-refractivity contribution in [2.45, 2.75) is 46.0 Å². The third-order valence-electron chi connectivity index (χ3n) is 7.74. The highest BCUT2D eigenvalue weighted by atomic mass is 16.5. The number of pyridine rings is 1.